The SMILES string of the molecule is O=C(NCc1cccnc1)Nc1ccc(OC[C@@H]2CCCCO2)cc1. The summed E-state index contributed by atoms with van der Waals surface area (Å²) in [6.45, 7) is 1.83. The molecule has 1 atom stereocenters. The van der Waals surface area contributed by atoms with E-state index < -0.39 is 0 Å². The van der Waals surface area contributed by atoms with Crippen LogP contribution in [0.3, 0.4) is 0 Å². The van der Waals surface area contributed by atoms with Crippen LogP contribution in [0.15, 0.2) is 48.8 Å². The van der Waals surface area contributed by atoms with Crippen molar-refractivity contribution in [2.75, 3.05) is 18.5 Å². The van der Waals surface area contributed by atoms with Crippen LogP contribution in [0.4, 0.5) is 10.5 Å². The predicted molar refractivity (Wildman–Crippen MR) is 95.6 cm³/mol. The van der Waals surface area contributed by atoms with Crippen molar-refractivity contribution in [1.82, 2.24) is 10.3 Å². The van der Waals surface area contributed by atoms with Gasteiger partial charge in [0, 0.05) is 31.2 Å². The largest absolute Gasteiger partial charge is 0.491 e. The molecule has 1 aromatic heterocycles. The Hall–Kier alpha value is -2.60. The van der Waals surface area contributed by atoms with E-state index >= 15 is 0 Å². The van der Waals surface area contributed by atoms with Crippen LogP contribution >= 0.6 is 0 Å². The van der Waals surface area contributed by atoms with Gasteiger partial charge < -0.3 is 20.1 Å². The Balaban J connectivity index is 1.41. The summed E-state index contributed by atoms with van der Waals surface area (Å²) < 4.78 is 11.4. The van der Waals surface area contributed by atoms with Crippen LogP contribution in [0.2, 0.25) is 0 Å². The molecule has 2 amide bonds. The summed E-state index contributed by atoms with van der Waals surface area (Å²) in [7, 11) is 0. The number of aromatic nitrogens is 1. The smallest absolute Gasteiger partial charge is 0.319 e. The van der Waals surface area contributed by atoms with Gasteiger partial charge in [-0.2, -0.15) is 0 Å². The van der Waals surface area contributed by atoms with E-state index in [2.05, 4.69) is 15.6 Å². The summed E-state index contributed by atoms with van der Waals surface area (Å²) in [4.78, 5) is 15.9. The molecule has 1 fully saturated rings. The number of pyridine rings is 1. The fourth-order valence-electron chi connectivity index (χ4n) is 2.62. The van der Waals surface area contributed by atoms with Gasteiger partial charge >= 0.3 is 6.03 Å². The Morgan fingerprint density at radius 2 is 2.12 bits per heavy atom. The van der Waals surface area contributed by atoms with Crippen molar-refractivity contribution in [3.05, 3.63) is 54.4 Å². The average molecular weight is 341 g/mol. The highest BCUT2D eigenvalue weighted by atomic mass is 16.5. The fraction of sp³-hybridized carbons (Fsp3) is 0.368. The maximum Gasteiger partial charge on any atom is 0.319 e. The molecular formula is C19H23N3O3. The first-order valence-corrected chi connectivity index (χ1v) is 8.58. The van der Waals surface area contributed by atoms with E-state index in [0.717, 1.165) is 30.8 Å². The summed E-state index contributed by atoms with van der Waals surface area (Å²) in [6.07, 6.45) is 7.00. The van der Waals surface area contributed by atoms with E-state index in [1.807, 2.05) is 36.4 Å². The fourth-order valence-corrected chi connectivity index (χ4v) is 2.62. The van der Waals surface area contributed by atoms with Crippen molar-refractivity contribution in [1.29, 1.82) is 0 Å². The molecule has 1 aromatic carbocycles. The number of nitrogens with zero attached hydrogens (tertiary/aromatic N) is 1. The first kappa shape index (κ1) is 17.2. The molecule has 2 aromatic rings. The van der Waals surface area contributed by atoms with Gasteiger partial charge in [0.05, 0.1) is 6.10 Å². The summed E-state index contributed by atoms with van der Waals surface area (Å²) >= 11 is 0. The standard InChI is InChI=1S/C19H23N3O3/c23-19(21-13-15-4-3-10-20-12-15)22-16-6-8-17(9-7-16)25-14-18-5-1-2-11-24-18/h3-4,6-10,12,18H,1-2,5,11,13-14H2,(H2,21,22,23)/t18-/m0/s1. The van der Waals surface area contributed by atoms with E-state index in [1.165, 1.54) is 6.42 Å². The second kappa shape index (κ2) is 9.03. The molecule has 1 saturated heterocycles. The van der Waals surface area contributed by atoms with Gasteiger partial charge in [-0.1, -0.05) is 6.07 Å². The number of nitrogens with one attached hydrogen (secondary N) is 2. The molecular weight excluding hydrogens is 318 g/mol. The van der Waals surface area contributed by atoms with Gasteiger partial charge in [-0.15, -0.1) is 0 Å². The van der Waals surface area contributed by atoms with Crippen molar-refractivity contribution < 1.29 is 14.3 Å². The van der Waals surface area contributed by atoms with Crippen LogP contribution in [0.1, 0.15) is 24.8 Å². The highest BCUT2D eigenvalue weighted by molar-refractivity contribution is 5.89. The topological polar surface area (TPSA) is 72.5 Å². The van der Waals surface area contributed by atoms with Gasteiger partial charge in [0.1, 0.15) is 12.4 Å². The van der Waals surface area contributed by atoms with Crippen molar-refractivity contribution >= 4 is 11.7 Å². The van der Waals surface area contributed by atoms with E-state index in [0.29, 0.717) is 18.8 Å². The number of rotatable bonds is 6. The lowest BCUT2D eigenvalue weighted by Gasteiger charge is -2.22. The molecule has 6 heteroatoms. The number of hydrogen-bond donors (Lipinski definition) is 2. The minimum Gasteiger partial charge on any atom is -0.491 e. The molecule has 0 bridgehead atoms. The van der Waals surface area contributed by atoms with Gasteiger partial charge in [0.15, 0.2) is 0 Å². The minimum absolute atomic E-state index is 0.185. The predicted octanol–water partition coefficient (Wildman–Crippen LogP) is 3.35. The molecule has 2 heterocycles. The third kappa shape index (κ3) is 5.76. The Morgan fingerprint density at radius 1 is 1.24 bits per heavy atom. The third-order valence-corrected chi connectivity index (χ3v) is 4.00. The molecule has 0 radical (unpaired) electrons. The van der Waals surface area contributed by atoms with Crippen LogP contribution in [-0.4, -0.2) is 30.3 Å². The normalized spacial score (nSPS) is 16.9. The number of ether oxygens (including phenoxy) is 2. The second-order valence-electron chi connectivity index (χ2n) is 5.99. The lowest BCUT2D eigenvalue weighted by atomic mass is 10.1. The average Bonchev–Trinajstić information content (AvgIpc) is 2.67. The first-order valence-electron chi connectivity index (χ1n) is 8.58. The Kier molecular flexibility index (Phi) is 6.23. The van der Waals surface area contributed by atoms with Crippen LogP contribution in [0.5, 0.6) is 5.75 Å². The van der Waals surface area contributed by atoms with E-state index in [-0.39, 0.29) is 12.1 Å². The number of anilines is 1. The highest BCUT2D eigenvalue weighted by Crippen LogP contribution is 2.18. The second-order valence-corrected chi connectivity index (χ2v) is 5.99. The Bertz CT molecular complexity index is 655. The lowest BCUT2D eigenvalue weighted by molar-refractivity contribution is -0.0110. The summed E-state index contributed by atoms with van der Waals surface area (Å²) in [5, 5.41) is 5.59. The summed E-state index contributed by atoms with van der Waals surface area (Å²) in [6, 6.07) is 10.8. The van der Waals surface area contributed by atoms with E-state index in [1.54, 1.807) is 12.4 Å². The summed E-state index contributed by atoms with van der Waals surface area (Å²) in [5.41, 5.74) is 1.66. The quantitative estimate of drug-likeness (QED) is 0.845. The van der Waals surface area contributed by atoms with Crippen molar-refractivity contribution in [3.63, 3.8) is 0 Å². The minimum atomic E-state index is -0.256. The van der Waals surface area contributed by atoms with Gasteiger partial charge in [-0.3, -0.25) is 4.98 Å². The number of carbonyl (C=O) groups excluding carboxylic acids is 1. The molecule has 0 spiro atoms. The molecule has 0 aliphatic carbocycles. The number of amides is 2. The molecule has 132 valence electrons. The number of hydrogen-bond acceptors (Lipinski definition) is 4. The monoisotopic (exact) mass is 341 g/mol. The molecule has 1 aliphatic heterocycles. The van der Waals surface area contributed by atoms with Crippen LogP contribution in [-0.2, 0) is 11.3 Å². The first-order chi connectivity index (χ1) is 12.3. The number of carbonyl (C=O) groups is 1. The van der Waals surface area contributed by atoms with Crippen LogP contribution in [0, 0.1) is 0 Å². The van der Waals surface area contributed by atoms with Crippen LogP contribution < -0.4 is 15.4 Å². The van der Waals surface area contributed by atoms with E-state index in [4.69, 9.17) is 9.47 Å². The number of benzene rings is 1. The van der Waals surface area contributed by atoms with Crippen molar-refractivity contribution in [2.24, 2.45) is 0 Å². The van der Waals surface area contributed by atoms with Gasteiger partial charge in [-0.05, 0) is 55.2 Å². The Morgan fingerprint density at radius 3 is 2.84 bits per heavy atom. The highest BCUT2D eigenvalue weighted by Gasteiger charge is 2.14. The van der Waals surface area contributed by atoms with Gasteiger partial charge in [0.25, 0.3) is 0 Å². The van der Waals surface area contributed by atoms with Crippen molar-refractivity contribution in [2.45, 2.75) is 31.9 Å². The molecule has 0 saturated carbocycles. The summed E-state index contributed by atoms with van der Waals surface area (Å²) in [5.74, 6) is 0.774. The molecule has 0 unspecified atom stereocenters. The maximum absolute atomic E-state index is 11.9. The molecule has 25 heavy (non-hydrogen) atoms. The van der Waals surface area contributed by atoms with Gasteiger partial charge in [0.2, 0.25) is 0 Å². The Labute approximate surface area is 147 Å². The molecule has 2 N–H and O–H groups in total. The molecule has 3 rings (SSSR count). The molecule has 6 nitrogen and oxygen atoms in total. The zero-order valence-corrected chi connectivity index (χ0v) is 14.1. The maximum atomic E-state index is 11.9. The lowest BCUT2D eigenvalue weighted by Crippen LogP contribution is -2.28. The van der Waals surface area contributed by atoms with E-state index in [9.17, 15) is 4.79 Å². The zero-order chi connectivity index (χ0) is 17.3. The van der Waals surface area contributed by atoms with Crippen molar-refractivity contribution in [3.8, 4) is 5.75 Å². The zero-order valence-electron chi connectivity index (χ0n) is 14.1. The van der Waals surface area contributed by atoms with Crippen LogP contribution in [0.25, 0.3) is 0 Å². The molecule has 1 aliphatic rings. The van der Waals surface area contributed by atoms with Gasteiger partial charge in [-0.25, -0.2) is 4.79 Å². The number of urea groups is 1. The third-order valence-electron chi connectivity index (χ3n) is 4.00.